The van der Waals surface area contributed by atoms with Crippen molar-refractivity contribution < 1.29 is 4.92 Å². The van der Waals surface area contributed by atoms with Crippen molar-refractivity contribution in [3.63, 3.8) is 0 Å². The monoisotopic (exact) mass is 256 g/mol. The predicted molar refractivity (Wildman–Crippen MR) is 73.2 cm³/mol. The molecule has 0 saturated carbocycles. The van der Waals surface area contributed by atoms with Crippen LogP contribution in [0.25, 0.3) is 0 Å². The third-order valence-corrected chi connectivity index (χ3v) is 2.47. The van der Waals surface area contributed by atoms with E-state index in [-0.39, 0.29) is 5.69 Å². The topological polar surface area (TPSA) is 80.4 Å². The van der Waals surface area contributed by atoms with Gasteiger partial charge in [-0.05, 0) is 31.2 Å². The number of nitro groups is 1. The molecule has 0 aliphatic rings. The zero-order valence-electron chi connectivity index (χ0n) is 10.3. The van der Waals surface area contributed by atoms with E-state index in [9.17, 15) is 10.1 Å². The molecule has 0 aliphatic carbocycles. The van der Waals surface area contributed by atoms with Crippen molar-refractivity contribution in [3.05, 3.63) is 64.5 Å². The van der Waals surface area contributed by atoms with Crippen LogP contribution in [0, 0.1) is 10.1 Å². The minimum Gasteiger partial charge on any atom is -0.278 e. The van der Waals surface area contributed by atoms with Gasteiger partial charge in [-0.25, -0.2) is 0 Å². The summed E-state index contributed by atoms with van der Waals surface area (Å²) in [7, 11) is 0. The number of pyridine rings is 1. The highest BCUT2D eigenvalue weighted by molar-refractivity contribution is 5.97. The Morgan fingerprint density at radius 3 is 2.58 bits per heavy atom. The molecule has 0 spiro atoms. The normalized spacial score (nSPS) is 11.1. The van der Waals surface area contributed by atoms with Crippen LogP contribution in [0.5, 0.6) is 0 Å². The van der Waals surface area contributed by atoms with Gasteiger partial charge in [0.2, 0.25) is 0 Å². The molecule has 6 heteroatoms. The first kappa shape index (κ1) is 12.7. The van der Waals surface area contributed by atoms with Crippen LogP contribution in [0.4, 0.5) is 11.4 Å². The summed E-state index contributed by atoms with van der Waals surface area (Å²) in [5.41, 5.74) is 5.08. The van der Waals surface area contributed by atoms with Crippen molar-refractivity contribution >= 4 is 17.1 Å². The van der Waals surface area contributed by atoms with Crippen molar-refractivity contribution in [2.45, 2.75) is 6.92 Å². The van der Waals surface area contributed by atoms with Crippen LogP contribution < -0.4 is 5.43 Å². The van der Waals surface area contributed by atoms with E-state index >= 15 is 0 Å². The summed E-state index contributed by atoms with van der Waals surface area (Å²) in [5.74, 6) is 0. The van der Waals surface area contributed by atoms with E-state index in [1.165, 1.54) is 12.1 Å². The minimum atomic E-state index is -0.438. The number of rotatable bonds is 4. The van der Waals surface area contributed by atoms with E-state index in [1.807, 2.05) is 25.1 Å². The Hall–Kier alpha value is -2.76. The summed E-state index contributed by atoms with van der Waals surface area (Å²) >= 11 is 0. The summed E-state index contributed by atoms with van der Waals surface area (Å²) in [6, 6.07) is 11.6. The highest BCUT2D eigenvalue weighted by Crippen LogP contribution is 2.15. The molecular weight excluding hydrogens is 244 g/mol. The van der Waals surface area contributed by atoms with Crippen molar-refractivity contribution in [2.75, 3.05) is 5.43 Å². The van der Waals surface area contributed by atoms with Gasteiger partial charge in [0.1, 0.15) is 0 Å². The maximum absolute atomic E-state index is 10.5. The van der Waals surface area contributed by atoms with Gasteiger partial charge in [0, 0.05) is 18.3 Å². The van der Waals surface area contributed by atoms with Crippen LogP contribution >= 0.6 is 0 Å². The number of benzene rings is 1. The number of aromatic nitrogens is 1. The Bertz CT molecular complexity index is 594. The molecule has 0 bridgehead atoms. The number of nitro benzene ring substituents is 1. The van der Waals surface area contributed by atoms with Crippen molar-refractivity contribution in [2.24, 2.45) is 5.10 Å². The summed E-state index contributed by atoms with van der Waals surface area (Å²) in [5, 5.41) is 14.7. The molecule has 0 atom stereocenters. The van der Waals surface area contributed by atoms with Crippen LogP contribution in [0.15, 0.2) is 53.8 Å². The molecule has 19 heavy (non-hydrogen) atoms. The molecule has 0 aliphatic heterocycles. The highest BCUT2D eigenvalue weighted by atomic mass is 16.6. The fourth-order valence-electron chi connectivity index (χ4n) is 1.44. The summed E-state index contributed by atoms with van der Waals surface area (Å²) in [6.45, 7) is 1.83. The van der Waals surface area contributed by atoms with Crippen molar-refractivity contribution in [3.8, 4) is 0 Å². The lowest BCUT2D eigenvalue weighted by atomic mass is 10.2. The van der Waals surface area contributed by atoms with E-state index in [4.69, 9.17) is 0 Å². The Balaban J connectivity index is 2.08. The van der Waals surface area contributed by atoms with Crippen molar-refractivity contribution in [1.29, 1.82) is 0 Å². The average Bonchev–Trinajstić information content (AvgIpc) is 2.46. The van der Waals surface area contributed by atoms with Crippen LogP contribution in [0.2, 0.25) is 0 Å². The molecular formula is C13H12N4O2. The van der Waals surface area contributed by atoms with E-state index in [2.05, 4.69) is 15.5 Å². The second-order valence-electron chi connectivity index (χ2n) is 3.83. The molecule has 0 saturated heterocycles. The molecule has 6 nitrogen and oxygen atoms in total. The number of anilines is 1. The number of hydrazone groups is 1. The Labute approximate surface area is 110 Å². The molecule has 0 radical (unpaired) electrons. The van der Waals surface area contributed by atoms with Gasteiger partial charge < -0.3 is 0 Å². The highest BCUT2D eigenvalue weighted by Gasteiger charge is 2.03. The number of hydrogen-bond acceptors (Lipinski definition) is 5. The number of hydrogen-bond donors (Lipinski definition) is 1. The average molecular weight is 256 g/mol. The molecule has 1 heterocycles. The zero-order valence-corrected chi connectivity index (χ0v) is 10.3. The summed E-state index contributed by atoms with van der Waals surface area (Å²) < 4.78 is 0. The van der Waals surface area contributed by atoms with Gasteiger partial charge in [-0.2, -0.15) is 5.10 Å². The second-order valence-corrected chi connectivity index (χ2v) is 3.83. The Morgan fingerprint density at radius 2 is 2.00 bits per heavy atom. The van der Waals surface area contributed by atoms with Gasteiger partial charge in [-0.3, -0.25) is 20.5 Å². The molecule has 1 aromatic carbocycles. The number of nitrogens with zero attached hydrogens (tertiary/aromatic N) is 3. The van der Waals surface area contributed by atoms with E-state index in [1.54, 1.807) is 18.3 Å². The zero-order chi connectivity index (χ0) is 13.7. The maximum Gasteiger partial charge on any atom is 0.269 e. The third-order valence-electron chi connectivity index (χ3n) is 2.47. The molecule has 0 unspecified atom stereocenters. The van der Waals surface area contributed by atoms with E-state index in [0.29, 0.717) is 5.69 Å². The van der Waals surface area contributed by atoms with E-state index in [0.717, 1.165) is 11.4 Å². The lowest BCUT2D eigenvalue weighted by Crippen LogP contribution is -2.01. The Morgan fingerprint density at radius 1 is 1.26 bits per heavy atom. The molecule has 1 aromatic heterocycles. The van der Waals surface area contributed by atoms with Gasteiger partial charge in [0.25, 0.3) is 5.69 Å². The Kier molecular flexibility index (Phi) is 3.82. The van der Waals surface area contributed by atoms with Crippen LogP contribution in [-0.2, 0) is 0 Å². The standard InChI is InChI=1S/C13H12N4O2/c1-10(13-4-2-3-9-14-13)15-16-11-5-7-12(8-6-11)17(18)19/h2-9,16H,1H3/b15-10-. The first-order valence-corrected chi connectivity index (χ1v) is 5.63. The lowest BCUT2D eigenvalue weighted by molar-refractivity contribution is -0.384. The van der Waals surface area contributed by atoms with Gasteiger partial charge in [-0.1, -0.05) is 6.07 Å². The molecule has 2 aromatic rings. The van der Waals surface area contributed by atoms with Gasteiger partial charge in [0.05, 0.1) is 22.0 Å². The lowest BCUT2D eigenvalue weighted by Gasteiger charge is -2.02. The largest absolute Gasteiger partial charge is 0.278 e. The SMILES string of the molecule is C/C(=N/Nc1ccc([N+](=O)[O-])cc1)c1ccccn1. The number of nitrogens with one attached hydrogen (secondary N) is 1. The maximum atomic E-state index is 10.5. The van der Waals surface area contributed by atoms with Gasteiger partial charge >= 0.3 is 0 Å². The molecule has 96 valence electrons. The summed E-state index contributed by atoms with van der Waals surface area (Å²) in [4.78, 5) is 14.2. The second kappa shape index (κ2) is 5.72. The quantitative estimate of drug-likeness (QED) is 0.518. The summed E-state index contributed by atoms with van der Waals surface area (Å²) in [6.07, 6.45) is 1.69. The van der Waals surface area contributed by atoms with Crippen LogP contribution in [0.3, 0.4) is 0 Å². The molecule has 0 amide bonds. The van der Waals surface area contributed by atoms with Crippen molar-refractivity contribution in [1.82, 2.24) is 4.98 Å². The first-order valence-electron chi connectivity index (χ1n) is 5.63. The fraction of sp³-hybridized carbons (Fsp3) is 0.0769. The molecule has 0 fully saturated rings. The van der Waals surface area contributed by atoms with E-state index < -0.39 is 4.92 Å². The van der Waals surface area contributed by atoms with Crippen LogP contribution in [0.1, 0.15) is 12.6 Å². The van der Waals surface area contributed by atoms with Gasteiger partial charge in [-0.15, -0.1) is 0 Å². The number of non-ortho nitro benzene ring substituents is 1. The molecule has 1 N–H and O–H groups in total. The van der Waals surface area contributed by atoms with Gasteiger partial charge in [0.15, 0.2) is 0 Å². The smallest absolute Gasteiger partial charge is 0.269 e. The van der Waals surface area contributed by atoms with Crippen LogP contribution in [-0.4, -0.2) is 15.6 Å². The fourth-order valence-corrected chi connectivity index (χ4v) is 1.44. The molecule has 2 rings (SSSR count). The predicted octanol–water partition coefficient (Wildman–Crippen LogP) is 2.83. The first-order chi connectivity index (χ1) is 9.16. The minimum absolute atomic E-state index is 0.0518. The third kappa shape index (κ3) is 3.35.